The Labute approximate surface area is 156 Å². The number of hydrogen-bond donors (Lipinski definition) is 0. The molecule has 0 saturated heterocycles. The third-order valence-corrected chi connectivity index (χ3v) is 4.53. The van der Waals surface area contributed by atoms with Gasteiger partial charge < -0.3 is 9.15 Å². The second-order valence-electron chi connectivity index (χ2n) is 5.58. The molecule has 0 aliphatic heterocycles. The minimum atomic E-state index is -2.87. The molecule has 0 atom stereocenters. The van der Waals surface area contributed by atoms with Crippen molar-refractivity contribution in [3.8, 4) is 17.2 Å². The van der Waals surface area contributed by atoms with Crippen LogP contribution in [0.1, 0.15) is 5.56 Å². The molecule has 0 radical (unpaired) electrons. The molecule has 0 N–H and O–H groups in total. The largest absolute Gasteiger partial charge is 0.435 e. The number of aryl methyl sites for hydroxylation is 1. The first-order valence-electron chi connectivity index (χ1n) is 7.86. The third-order valence-electron chi connectivity index (χ3n) is 3.67. The number of halogens is 2. The molecule has 0 spiro atoms. The Hall–Kier alpha value is -3.07. The van der Waals surface area contributed by atoms with Gasteiger partial charge in [-0.05, 0) is 55.1 Å². The lowest BCUT2D eigenvalue weighted by Crippen LogP contribution is -2.01. The maximum atomic E-state index is 12.2. The monoisotopic (exact) mass is 386 g/mol. The summed E-state index contributed by atoms with van der Waals surface area (Å²) in [7, 11) is 0. The fraction of sp³-hybridized carbons (Fsp3) is 0.111. The van der Waals surface area contributed by atoms with Gasteiger partial charge in [0.15, 0.2) is 0 Å². The van der Waals surface area contributed by atoms with Crippen molar-refractivity contribution in [1.82, 2.24) is 20.2 Å². The average Bonchev–Trinajstić information content (AvgIpc) is 3.11. The smallest absolute Gasteiger partial charge is 0.387 e. The van der Waals surface area contributed by atoms with E-state index in [9.17, 15) is 8.78 Å². The second kappa shape index (κ2) is 7.28. The minimum Gasteiger partial charge on any atom is -0.435 e. The molecule has 2 aromatic carbocycles. The summed E-state index contributed by atoms with van der Waals surface area (Å²) in [6, 6.07) is 11.9. The van der Waals surface area contributed by atoms with Gasteiger partial charge in [0.05, 0.1) is 5.52 Å². The zero-order valence-electron chi connectivity index (χ0n) is 14.0. The van der Waals surface area contributed by atoms with Crippen LogP contribution in [0.4, 0.5) is 8.78 Å². The lowest BCUT2D eigenvalue weighted by molar-refractivity contribution is -0.0498. The Balaban J connectivity index is 1.58. The zero-order valence-corrected chi connectivity index (χ0v) is 14.8. The third kappa shape index (κ3) is 3.87. The van der Waals surface area contributed by atoms with Gasteiger partial charge in [-0.25, -0.2) is 9.97 Å². The van der Waals surface area contributed by atoms with Crippen molar-refractivity contribution < 1.29 is 17.9 Å². The van der Waals surface area contributed by atoms with Crippen LogP contribution in [-0.4, -0.2) is 26.8 Å². The van der Waals surface area contributed by atoms with Gasteiger partial charge in [-0.1, -0.05) is 11.6 Å². The number of aromatic nitrogens is 4. The highest BCUT2D eigenvalue weighted by Gasteiger charge is 2.14. The topological polar surface area (TPSA) is 73.9 Å². The molecule has 6 nitrogen and oxygen atoms in total. The fourth-order valence-corrected chi connectivity index (χ4v) is 3.20. The van der Waals surface area contributed by atoms with E-state index < -0.39 is 6.61 Å². The summed E-state index contributed by atoms with van der Waals surface area (Å²) in [4.78, 5) is 8.55. The minimum absolute atomic E-state index is 0.0608. The van der Waals surface area contributed by atoms with Gasteiger partial charge in [-0.15, -0.1) is 10.2 Å². The van der Waals surface area contributed by atoms with Crippen LogP contribution in [0.25, 0.3) is 22.4 Å². The molecule has 2 heterocycles. The van der Waals surface area contributed by atoms with Gasteiger partial charge >= 0.3 is 6.61 Å². The maximum absolute atomic E-state index is 12.2. The summed E-state index contributed by atoms with van der Waals surface area (Å²) >= 11 is 1.24. The van der Waals surface area contributed by atoms with Gasteiger partial charge in [0.2, 0.25) is 5.89 Å². The average molecular weight is 386 g/mol. The van der Waals surface area contributed by atoms with Crippen LogP contribution in [0, 0.1) is 6.92 Å². The van der Waals surface area contributed by atoms with Crippen molar-refractivity contribution in [3.63, 3.8) is 0 Å². The van der Waals surface area contributed by atoms with E-state index in [4.69, 9.17) is 4.42 Å². The number of fused-ring (bicyclic) bond motifs is 1. The molecule has 0 saturated carbocycles. The number of hydrogen-bond acceptors (Lipinski definition) is 7. The van der Waals surface area contributed by atoms with E-state index in [-0.39, 0.29) is 11.6 Å². The van der Waals surface area contributed by atoms with Crippen LogP contribution in [-0.2, 0) is 0 Å². The Bertz CT molecular complexity index is 1090. The number of benzene rings is 2. The first kappa shape index (κ1) is 17.3. The van der Waals surface area contributed by atoms with Gasteiger partial charge in [-0.2, -0.15) is 8.78 Å². The predicted molar refractivity (Wildman–Crippen MR) is 94.8 cm³/mol. The molecular weight excluding hydrogens is 374 g/mol. The zero-order chi connectivity index (χ0) is 18.8. The molecule has 27 heavy (non-hydrogen) atoms. The quantitative estimate of drug-likeness (QED) is 0.459. The standard InChI is InChI=1S/C18H12F2N4O2S/c1-10-2-7-14-13(8-10)16(22-9-21-14)27-18-24-23-15(26-18)11-3-5-12(6-4-11)25-17(19)20/h2-9,17H,1H3. The van der Waals surface area contributed by atoms with Crippen LogP contribution >= 0.6 is 11.8 Å². The molecule has 0 bridgehead atoms. The number of ether oxygens (including phenoxy) is 1. The Kier molecular flexibility index (Phi) is 4.68. The van der Waals surface area contributed by atoms with E-state index in [2.05, 4.69) is 24.9 Å². The SMILES string of the molecule is Cc1ccc2ncnc(Sc3nnc(-c4ccc(OC(F)F)cc4)o3)c2c1. The van der Waals surface area contributed by atoms with Crippen LogP contribution in [0.2, 0.25) is 0 Å². The molecule has 9 heteroatoms. The van der Waals surface area contributed by atoms with Crippen LogP contribution in [0.3, 0.4) is 0 Å². The summed E-state index contributed by atoms with van der Waals surface area (Å²) < 4.78 is 34.4. The number of nitrogens with zero attached hydrogens (tertiary/aromatic N) is 4. The molecular formula is C18H12F2N4O2S. The summed E-state index contributed by atoms with van der Waals surface area (Å²) in [6.45, 7) is -0.874. The maximum Gasteiger partial charge on any atom is 0.387 e. The van der Waals surface area contributed by atoms with Crippen LogP contribution < -0.4 is 4.74 Å². The molecule has 2 aromatic heterocycles. The van der Waals surface area contributed by atoms with E-state index in [1.807, 2.05) is 25.1 Å². The second-order valence-corrected chi connectivity index (χ2v) is 6.52. The molecule has 4 aromatic rings. The molecule has 136 valence electrons. The predicted octanol–water partition coefficient (Wildman–Crippen LogP) is 4.74. The van der Waals surface area contributed by atoms with Gasteiger partial charge in [0.25, 0.3) is 5.22 Å². The van der Waals surface area contributed by atoms with E-state index in [0.29, 0.717) is 15.8 Å². The van der Waals surface area contributed by atoms with Gasteiger partial charge in [-0.3, -0.25) is 0 Å². The summed E-state index contributed by atoms with van der Waals surface area (Å²) in [5.41, 5.74) is 2.52. The Morgan fingerprint density at radius 3 is 2.63 bits per heavy atom. The van der Waals surface area contributed by atoms with Gasteiger partial charge in [0, 0.05) is 10.9 Å². The first-order valence-corrected chi connectivity index (χ1v) is 8.68. The van der Waals surface area contributed by atoms with Crippen molar-refractivity contribution in [2.45, 2.75) is 23.8 Å². The highest BCUT2D eigenvalue weighted by atomic mass is 32.2. The highest BCUT2D eigenvalue weighted by molar-refractivity contribution is 7.99. The normalized spacial score (nSPS) is 11.3. The lowest BCUT2D eigenvalue weighted by atomic mass is 10.2. The molecule has 0 amide bonds. The van der Waals surface area contributed by atoms with Crippen LogP contribution in [0.5, 0.6) is 5.75 Å². The Morgan fingerprint density at radius 2 is 1.85 bits per heavy atom. The molecule has 4 rings (SSSR count). The van der Waals surface area contributed by atoms with E-state index >= 15 is 0 Å². The van der Waals surface area contributed by atoms with E-state index in [1.165, 1.54) is 30.2 Å². The molecule has 0 fully saturated rings. The molecule has 0 aliphatic carbocycles. The summed E-state index contributed by atoms with van der Waals surface area (Å²) in [6.07, 6.45) is 1.49. The van der Waals surface area contributed by atoms with Crippen molar-refractivity contribution >= 4 is 22.7 Å². The van der Waals surface area contributed by atoms with E-state index in [1.54, 1.807) is 12.1 Å². The lowest BCUT2D eigenvalue weighted by Gasteiger charge is -2.04. The number of alkyl halides is 2. The van der Waals surface area contributed by atoms with Gasteiger partial charge in [0.1, 0.15) is 17.1 Å². The van der Waals surface area contributed by atoms with Crippen molar-refractivity contribution in [2.24, 2.45) is 0 Å². The summed E-state index contributed by atoms with van der Waals surface area (Å²) in [5, 5.41) is 9.95. The van der Waals surface area contributed by atoms with Crippen molar-refractivity contribution in [3.05, 3.63) is 54.4 Å². The summed E-state index contributed by atoms with van der Waals surface area (Å²) in [5.74, 6) is 0.335. The highest BCUT2D eigenvalue weighted by Crippen LogP contribution is 2.32. The Morgan fingerprint density at radius 1 is 1.04 bits per heavy atom. The first-order chi connectivity index (χ1) is 13.1. The van der Waals surface area contributed by atoms with Crippen molar-refractivity contribution in [2.75, 3.05) is 0 Å². The number of rotatable bonds is 5. The van der Waals surface area contributed by atoms with E-state index in [0.717, 1.165) is 16.5 Å². The molecule has 0 unspecified atom stereocenters. The molecule has 0 aliphatic rings. The van der Waals surface area contributed by atoms with Crippen molar-refractivity contribution in [1.29, 1.82) is 0 Å². The fourth-order valence-electron chi connectivity index (χ4n) is 2.46. The van der Waals surface area contributed by atoms with Crippen LogP contribution in [0.15, 0.2) is 63.5 Å².